The second-order valence-corrected chi connectivity index (χ2v) is 4.53. The van der Waals surface area contributed by atoms with Gasteiger partial charge in [0.2, 0.25) is 0 Å². The number of non-ortho nitro benzene ring substituents is 1. The van der Waals surface area contributed by atoms with Crippen LogP contribution in [0.15, 0.2) is 42.6 Å². The highest BCUT2D eigenvalue weighted by molar-refractivity contribution is 5.90. The molecule has 0 aliphatic heterocycles. The van der Waals surface area contributed by atoms with Gasteiger partial charge in [-0.3, -0.25) is 20.2 Å². The summed E-state index contributed by atoms with van der Waals surface area (Å²) >= 11 is 0. The topological polar surface area (TPSA) is 138 Å². The molecule has 1 aromatic carbocycles. The maximum Gasteiger partial charge on any atom is 0.338 e. The maximum absolute atomic E-state index is 11.8. The van der Waals surface area contributed by atoms with Gasteiger partial charge in [0, 0.05) is 18.2 Å². The van der Waals surface area contributed by atoms with Crippen molar-refractivity contribution in [2.24, 2.45) is 0 Å². The van der Waals surface area contributed by atoms with E-state index in [-0.39, 0.29) is 30.1 Å². The van der Waals surface area contributed by atoms with Gasteiger partial charge in [0.1, 0.15) is 18.6 Å². The summed E-state index contributed by atoms with van der Waals surface area (Å²) in [6, 6.07) is 7.95. The van der Waals surface area contributed by atoms with Crippen molar-refractivity contribution >= 4 is 23.2 Å². The average Bonchev–Trinajstić information content (AvgIpc) is 2.59. The van der Waals surface area contributed by atoms with Gasteiger partial charge in [-0.15, -0.1) is 0 Å². The molecule has 24 heavy (non-hydrogen) atoms. The van der Waals surface area contributed by atoms with Gasteiger partial charge in [-0.1, -0.05) is 6.07 Å². The van der Waals surface area contributed by atoms with Crippen LogP contribution in [0.5, 0.6) is 0 Å². The lowest BCUT2D eigenvalue weighted by Gasteiger charge is -2.07. The Balaban J connectivity index is 1.81. The van der Waals surface area contributed by atoms with Gasteiger partial charge in [-0.25, -0.2) is 9.78 Å². The van der Waals surface area contributed by atoms with Crippen LogP contribution in [0.2, 0.25) is 0 Å². The minimum Gasteiger partial charge on any atom is -0.460 e. The summed E-state index contributed by atoms with van der Waals surface area (Å²) in [5.74, 6) is -0.288. The van der Waals surface area contributed by atoms with Gasteiger partial charge in [0.25, 0.3) is 11.4 Å². The highest BCUT2D eigenvalue weighted by Gasteiger charge is 2.12. The molecule has 0 aliphatic carbocycles. The van der Waals surface area contributed by atoms with E-state index >= 15 is 0 Å². The van der Waals surface area contributed by atoms with Crippen molar-refractivity contribution in [1.29, 1.82) is 0 Å². The monoisotopic (exact) mass is 332 g/mol. The van der Waals surface area contributed by atoms with Gasteiger partial charge in [-0.2, -0.15) is 0 Å². The molecule has 0 saturated carbocycles. The number of ether oxygens (including phenoxy) is 1. The van der Waals surface area contributed by atoms with Crippen LogP contribution in [-0.4, -0.2) is 34.0 Å². The number of anilines is 1. The number of aromatic nitrogens is 1. The molecule has 0 unspecified atom stereocenters. The smallest absolute Gasteiger partial charge is 0.338 e. The molecule has 2 rings (SSSR count). The largest absolute Gasteiger partial charge is 0.460 e. The number of carbonyl (C=O) groups excluding carboxylic acids is 1. The van der Waals surface area contributed by atoms with E-state index in [9.17, 15) is 25.0 Å². The van der Waals surface area contributed by atoms with Crippen LogP contribution >= 0.6 is 0 Å². The van der Waals surface area contributed by atoms with Crippen molar-refractivity contribution in [3.8, 4) is 0 Å². The quantitative estimate of drug-likeness (QED) is 0.352. The lowest BCUT2D eigenvalue weighted by molar-refractivity contribution is -0.385. The molecule has 0 amide bonds. The Morgan fingerprint density at radius 3 is 2.50 bits per heavy atom. The lowest BCUT2D eigenvalue weighted by Crippen LogP contribution is -2.14. The fourth-order valence-electron chi connectivity index (χ4n) is 1.75. The molecular formula is C14H12N4O6. The number of nitro groups is 2. The van der Waals surface area contributed by atoms with Crippen LogP contribution in [0, 0.1) is 20.2 Å². The van der Waals surface area contributed by atoms with E-state index in [1.165, 1.54) is 30.3 Å². The molecule has 10 nitrogen and oxygen atoms in total. The van der Waals surface area contributed by atoms with Gasteiger partial charge < -0.3 is 10.1 Å². The van der Waals surface area contributed by atoms with Crippen molar-refractivity contribution in [2.45, 2.75) is 0 Å². The van der Waals surface area contributed by atoms with E-state index in [1.807, 2.05) is 0 Å². The first kappa shape index (κ1) is 16.8. The lowest BCUT2D eigenvalue weighted by atomic mass is 10.2. The number of pyridine rings is 1. The first-order valence-electron chi connectivity index (χ1n) is 6.73. The third-order valence-electron chi connectivity index (χ3n) is 2.89. The first-order chi connectivity index (χ1) is 11.5. The van der Waals surface area contributed by atoms with Crippen molar-refractivity contribution in [3.05, 3.63) is 68.4 Å². The number of nitrogens with zero attached hydrogens (tertiary/aromatic N) is 3. The highest BCUT2D eigenvalue weighted by atomic mass is 16.6. The van der Waals surface area contributed by atoms with E-state index in [2.05, 4.69) is 10.3 Å². The molecule has 1 N–H and O–H groups in total. The number of esters is 1. The molecule has 0 radical (unpaired) electrons. The molecule has 1 aromatic heterocycles. The zero-order valence-corrected chi connectivity index (χ0v) is 12.2. The zero-order valence-electron chi connectivity index (χ0n) is 12.2. The number of hydrogen-bond donors (Lipinski definition) is 1. The Bertz CT molecular complexity index is 762. The summed E-state index contributed by atoms with van der Waals surface area (Å²) < 4.78 is 4.99. The third-order valence-corrected chi connectivity index (χ3v) is 2.89. The Morgan fingerprint density at radius 2 is 1.88 bits per heavy atom. The minimum atomic E-state index is -0.683. The highest BCUT2D eigenvalue weighted by Crippen LogP contribution is 2.14. The van der Waals surface area contributed by atoms with Crippen LogP contribution < -0.4 is 5.32 Å². The predicted molar refractivity (Wildman–Crippen MR) is 82.8 cm³/mol. The summed E-state index contributed by atoms with van der Waals surface area (Å²) in [5, 5.41) is 24.0. The molecule has 1 heterocycles. The second kappa shape index (κ2) is 7.63. The van der Waals surface area contributed by atoms with E-state index in [1.54, 1.807) is 0 Å². The molecule has 0 aliphatic rings. The van der Waals surface area contributed by atoms with Crippen molar-refractivity contribution in [2.75, 3.05) is 18.5 Å². The fraction of sp³-hybridized carbons (Fsp3) is 0.143. The van der Waals surface area contributed by atoms with Crippen LogP contribution in [0.1, 0.15) is 10.4 Å². The van der Waals surface area contributed by atoms with Crippen LogP contribution in [-0.2, 0) is 4.74 Å². The molecule has 10 heteroatoms. The number of carbonyl (C=O) groups is 1. The Labute approximate surface area is 135 Å². The second-order valence-electron chi connectivity index (χ2n) is 4.53. The molecule has 124 valence electrons. The van der Waals surface area contributed by atoms with Gasteiger partial charge in [-0.05, 0) is 12.1 Å². The summed E-state index contributed by atoms with van der Waals surface area (Å²) in [6.07, 6.45) is 1.11. The minimum absolute atomic E-state index is 0.000191. The number of nitro benzene ring substituents is 1. The SMILES string of the molecule is O=C(OCCNc1ccc([N+](=O)[O-])cn1)c1cccc([N+](=O)[O-])c1. The molecule has 0 saturated heterocycles. The molecule has 2 aromatic rings. The van der Waals surface area contributed by atoms with Crippen LogP contribution in [0.3, 0.4) is 0 Å². The van der Waals surface area contributed by atoms with Gasteiger partial charge in [0.15, 0.2) is 0 Å². The molecule has 0 fully saturated rings. The fourth-order valence-corrected chi connectivity index (χ4v) is 1.75. The molecule has 0 bridgehead atoms. The number of benzene rings is 1. The van der Waals surface area contributed by atoms with E-state index in [0.29, 0.717) is 5.82 Å². The Morgan fingerprint density at radius 1 is 1.12 bits per heavy atom. The first-order valence-corrected chi connectivity index (χ1v) is 6.73. The Hall–Kier alpha value is -3.56. The summed E-state index contributed by atoms with van der Waals surface area (Å²) in [6.45, 7) is 0.228. The molecule has 0 spiro atoms. The van der Waals surface area contributed by atoms with E-state index < -0.39 is 15.8 Å². The zero-order chi connectivity index (χ0) is 17.5. The number of nitrogens with one attached hydrogen (secondary N) is 1. The number of rotatable bonds is 7. The van der Waals surface area contributed by atoms with E-state index in [4.69, 9.17) is 4.74 Å². The third kappa shape index (κ3) is 4.47. The van der Waals surface area contributed by atoms with Gasteiger partial charge >= 0.3 is 5.97 Å². The standard InChI is InChI=1S/C14H12N4O6/c19-14(10-2-1-3-11(8-10)17(20)21)24-7-6-15-13-5-4-12(9-16-13)18(22)23/h1-5,8-9H,6-7H2,(H,15,16). The van der Waals surface area contributed by atoms with Crippen LogP contribution in [0.25, 0.3) is 0 Å². The van der Waals surface area contributed by atoms with Crippen molar-refractivity contribution in [1.82, 2.24) is 4.98 Å². The molecule has 0 atom stereocenters. The van der Waals surface area contributed by atoms with Crippen molar-refractivity contribution < 1.29 is 19.4 Å². The van der Waals surface area contributed by atoms with Crippen LogP contribution in [0.4, 0.5) is 17.2 Å². The number of hydrogen-bond acceptors (Lipinski definition) is 8. The molecular weight excluding hydrogens is 320 g/mol. The van der Waals surface area contributed by atoms with Crippen molar-refractivity contribution in [3.63, 3.8) is 0 Å². The normalized spacial score (nSPS) is 10.0. The van der Waals surface area contributed by atoms with Gasteiger partial charge in [0.05, 0.1) is 22.0 Å². The summed E-state index contributed by atoms with van der Waals surface area (Å²) in [5.41, 5.74) is -0.243. The predicted octanol–water partition coefficient (Wildman–Crippen LogP) is 2.17. The Kier molecular flexibility index (Phi) is 5.34. The average molecular weight is 332 g/mol. The van der Waals surface area contributed by atoms with E-state index in [0.717, 1.165) is 12.3 Å². The maximum atomic E-state index is 11.8. The summed E-state index contributed by atoms with van der Waals surface area (Å²) in [4.78, 5) is 35.6. The summed E-state index contributed by atoms with van der Waals surface area (Å²) in [7, 11) is 0.